The fourth-order valence-corrected chi connectivity index (χ4v) is 3.58. The van der Waals surface area contributed by atoms with Gasteiger partial charge in [-0.25, -0.2) is 0 Å². The fourth-order valence-electron chi connectivity index (χ4n) is 2.96. The van der Waals surface area contributed by atoms with E-state index < -0.39 is 0 Å². The average Bonchev–Trinajstić information content (AvgIpc) is 2.49. The monoisotopic (exact) mass is 341 g/mol. The van der Waals surface area contributed by atoms with E-state index in [-0.39, 0.29) is 17.3 Å². The predicted octanol–water partition coefficient (Wildman–Crippen LogP) is 3.94. The molecule has 112 valence electrons. The van der Waals surface area contributed by atoms with Gasteiger partial charge in [0.15, 0.2) is 0 Å². The Morgan fingerprint density at radius 2 is 2.00 bits per heavy atom. The first-order valence-electron chi connectivity index (χ1n) is 7.00. The van der Waals surface area contributed by atoms with Crippen molar-refractivity contribution >= 4 is 15.9 Å². The Hall–Kier alpha value is -0.580. The zero-order valence-corrected chi connectivity index (χ0v) is 14.5. The molecule has 20 heavy (non-hydrogen) atoms. The summed E-state index contributed by atoms with van der Waals surface area (Å²) in [6.45, 7) is 10.9. The van der Waals surface area contributed by atoms with Gasteiger partial charge in [0.1, 0.15) is 17.5 Å². The molecule has 0 spiro atoms. The number of aryl methyl sites for hydroxylation is 1. The first-order chi connectivity index (χ1) is 9.14. The third-order valence-corrected chi connectivity index (χ3v) is 4.25. The number of benzene rings is 1. The van der Waals surface area contributed by atoms with Gasteiger partial charge >= 0.3 is 0 Å². The zero-order chi connectivity index (χ0) is 15.1. The van der Waals surface area contributed by atoms with Crippen LogP contribution in [0.2, 0.25) is 0 Å². The molecule has 1 atom stereocenters. The highest BCUT2D eigenvalue weighted by atomic mass is 79.9. The van der Waals surface area contributed by atoms with Gasteiger partial charge in [-0.05, 0) is 52.3 Å². The molecule has 4 heteroatoms. The van der Waals surface area contributed by atoms with Gasteiger partial charge in [0.05, 0.1) is 5.60 Å². The Morgan fingerprint density at radius 1 is 1.35 bits per heavy atom. The van der Waals surface area contributed by atoms with Gasteiger partial charge in [-0.2, -0.15) is 0 Å². The van der Waals surface area contributed by atoms with Gasteiger partial charge in [-0.1, -0.05) is 15.9 Å². The van der Waals surface area contributed by atoms with E-state index >= 15 is 0 Å². The standard InChI is InChI=1S/C16H24BrNO2/c1-10-6-12(17)7-11(9-18)14(10)19-13-8-15(2,3)20-16(13,4)5/h6-7,13H,8-9,18H2,1-5H3. The molecule has 2 N–H and O–H groups in total. The highest BCUT2D eigenvalue weighted by Crippen LogP contribution is 2.41. The van der Waals surface area contributed by atoms with Crippen LogP contribution < -0.4 is 10.5 Å². The van der Waals surface area contributed by atoms with Gasteiger partial charge in [0, 0.05) is 23.0 Å². The van der Waals surface area contributed by atoms with Gasteiger partial charge in [-0.15, -0.1) is 0 Å². The average molecular weight is 342 g/mol. The Labute approximate surface area is 130 Å². The second kappa shape index (κ2) is 5.32. The van der Waals surface area contributed by atoms with Crippen molar-refractivity contribution in [3.8, 4) is 5.75 Å². The SMILES string of the molecule is Cc1cc(Br)cc(CN)c1OC1CC(C)(C)OC1(C)C. The molecule has 2 rings (SSSR count). The smallest absolute Gasteiger partial charge is 0.130 e. The topological polar surface area (TPSA) is 44.5 Å². The number of rotatable bonds is 3. The van der Waals surface area contributed by atoms with Gasteiger partial charge in [0.2, 0.25) is 0 Å². The largest absolute Gasteiger partial charge is 0.487 e. The van der Waals surface area contributed by atoms with E-state index in [2.05, 4.69) is 49.7 Å². The van der Waals surface area contributed by atoms with E-state index in [9.17, 15) is 0 Å². The minimum absolute atomic E-state index is 0.0303. The summed E-state index contributed by atoms with van der Waals surface area (Å²) in [5, 5.41) is 0. The maximum Gasteiger partial charge on any atom is 0.130 e. The molecule has 1 unspecified atom stereocenters. The Balaban J connectivity index is 2.31. The maximum absolute atomic E-state index is 6.31. The highest BCUT2D eigenvalue weighted by Gasteiger charge is 2.47. The molecular weight excluding hydrogens is 318 g/mol. The molecule has 1 aromatic carbocycles. The van der Waals surface area contributed by atoms with Crippen LogP contribution in [0, 0.1) is 6.92 Å². The van der Waals surface area contributed by atoms with Crippen LogP contribution >= 0.6 is 15.9 Å². The van der Waals surface area contributed by atoms with Crippen LogP contribution in [0.3, 0.4) is 0 Å². The number of hydrogen-bond donors (Lipinski definition) is 1. The molecule has 0 amide bonds. The lowest BCUT2D eigenvalue weighted by Crippen LogP contribution is -2.37. The number of ether oxygens (including phenoxy) is 2. The molecule has 0 bridgehead atoms. The van der Waals surface area contributed by atoms with Crippen LogP contribution in [0.4, 0.5) is 0 Å². The minimum atomic E-state index is -0.297. The third kappa shape index (κ3) is 3.18. The summed E-state index contributed by atoms with van der Waals surface area (Å²) in [7, 11) is 0. The molecule has 0 aliphatic carbocycles. The molecular formula is C16H24BrNO2. The van der Waals surface area contributed by atoms with Crippen molar-refractivity contribution in [3.63, 3.8) is 0 Å². The number of hydrogen-bond acceptors (Lipinski definition) is 3. The quantitative estimate of drug-likeness (QED) is 0.905. The minimum Gasteiger partial charge on any atom is -0.487 e. The second-order valence-electron chi connectivity index (χ2n) is 6.69. The normalized spacial score (nSPS) is 23.9. The number of nitrogens with two attached hydrogens (primary N) is 1. The van der Waals surface area contributed by atoms with Crippen LogP contribution in [-0.2, 0) is 11.3 Å². The second-order valence-corrected chi connectivity index (χ2v) is 7.61. The van der Waals surface area contributed by atoms with Gasteiger partial charge in [-0.3, -0.25) is 0 Å². The molecule has 1 aromatic rings. The summed E-state index contributed by atoms with van der Waals surface area (Å²) in [5.41, 5.74) is 7.53. The van der Waals surface area contributed by atoms with Crippen LogP contribution in [0.15, 0.2) is 16.6 Å². The molecule has 3 nitrogen and oxygen atoms in total. The molecule has 0 saturated carbocycles. The first kappa shape index (κ1) is 15.8. The van der Waals surface area contributed by atoms with E-state index in [1.54, 1.807) is 0 Å². The van der Waals surface area contributed by atoms with Crippen molar-refractivity contribution in [1.82, 2.24) is 0 Å². The van der Waals surface area contributed by atoms with Crippen molar-refractivity contribution in [2.75, 3.05) is 0 Å². The predicted molar refractivity (Wildman–Crippen MR) is 85.0 cm³/mol. The summed E-state index contributed by atoms with van der Waals surface area (Å²) >= 11 is 3.51. The van der Waals surface area contributed by atoms with E-state index in [1.165, 1.54) is 0 Å². The van der Waals surface area contributed by atoms with E-state index in [0.29, 0.717) is 6.54 Å². The molecule has 1 saturated heterocycles. The zero-order valence-electron chi connectivity index (χ0n) is 12.9. The molecule has 1 heterocycles. The molecule has 0 radical (unpaired) electrons. The van der Waals surface area contributed by atoms with Crippen molar-refractivity contribution < 1.29 is 9.47 Å². The lowest BCUT2D eigenvalue weighted by Gasteiger charge is -2.28. The van der Waals surface area contributed by atoms with Crippen molar-refractivity contribution in [1.29, 1.82) is 0 Å². The van der Waals surface area contributed by atoms with Crippen molar-refractivity contribution in [2.24, 2.45) is 5.73 Å². The highest BCUT2D eigenvalue weighted by molar-refractivity contribution is 9.10. The Morgan fingerprint density at radius 3 is 2.50 bits per heavy atom. The molecule has 1 fully saturated rings. The Bertz CT molecular complexity index is 511. The summed E-state index contributed by atoms with van der Waals surface area (Å²) < 4.78 is 13.4. The molecule has 1 aliphatic rings. The van der Waals surface area contributed by atoms with Gasteiger partial charge < -0.3 is 15.2 Å². The van der Waals surface area contributed by atoms with Gasteiger partial charge in [0.25, 0.3) is 0 Å². The first-order valence-corrected chi connectivity index (χ1v) is 7.80. The molecule has 1 aliphatic heterocycles. The van der Waals surface area contributed by atoms with Crippen molar-refractivity contribution in [3.05, 3.63) is 27.7 Å². The van der Waals surface area contributed by atoms with Crippen LogP contribution in [0.25, 0.3) is 0 Å². The van der Waals surface area contributed by atoms with E-state index in [4.69, 9.17) is 15.2 Å². The lowest BCUT2D eigenvalue weighted by atomic mass is 9.97. The summed E-state index contributed by atoms with van der Waals surface area (Å²) in [6, 6.07) is 4.08. The molecule has 0 aromatic heterocycles. The van der Waals surface area contributed by atoms with Crippen molar-refractivity contribution in [2.45, 2.75) is 64.9 Å². The summed E-state index contributed by atoms with van der Waals surface area (Å²) in [6.07, 6.45) is 0.905. The fraction of sp³-hybridized carbons (Fsp3) is 0.625. The van der Waals surface area contributed by atoms with E-state index in [0.717, 1.165) is 27.8 Å². The Kier molecular flexibility index (Phi) is 4.20. The lowest BCUT2D eigenvalue weighted by molar-refractivity contribution is -0.0847. The van der Waals surface area contributed by atoms with E-state index in [1.807, 2.05) is 13.0 Å². The maximum atomic E-state index is 6.31. The third-order valence-electron chi connectivity index (χ3n) is 3.79. The van der Waals surface area contributed by atoms with Crippen LogP contribution in [0.5, 0.6) is 5.75 Å². The van der Waals surface area contributed by atoms with Crippen LogP contribution in [0.1, 0.15) is 45.2 Å². The number of halogens is 1. The summed E-state index contributed by atoms with van der Waals surface area (Å²) in [4.78, 5) is 0. The summed E-state index contributed by atoms with van der Waals surface area (Å²) in [5.74, 6) is 0.898. The van der Waals surface area contributed by atoms with Crippen LogP contribution in [-0.4, -0.2) is 17.3 Å².